The van der Waals surface area contributed by atoms with Crippen molar-refractivity contribution in [2.24, 2.45) is 0 Å². The number of nitrogens with zero attached hydrogens (tertiary/aromatic N) is 1. The first-order valence-electron chi connectivity index (χ1n) is 13.5. The number of ketones is 1. The number of hydrogen-bond acceptors (Lipinski definition) is 6. The van der Waals surface area contributed by atoms with E-state index in [0.717, 1.165) is 42.9 Å². The van der Waals surface area contributed by atoms with Crippen LogP contribution in [0.5, 0.6) is 5.75 Å². The molecule has 1 atom stereocenters. The summed E-state index contributed by atoms with van der Waals surface area (Å²) in [5.41, 5.74) is 3.33. The Labute approximate surface area is 221 Å². The molecule has 202 valence electrons. The van der Waals surface area contributed by atoms with E-state index in [9.17, 15) is 9.59 Å². The maximum absolute atomic E-state index is 13.7. The van der Waals surface area contributed by atoms with Gasteiger partial charge in [-0.1, -0.05) is 52.8 Å². The molecule has 0 aliphatic rings. The van der Waals surface area contributed by atoms with Gasteiger partial charge in [0.25, 0.3) is 0 Å². The zero-order valence-electron chi connectivity index (χ0n) is 23.8. The summed E-state index contributed by atoms with van der Waals surface area (Å²) in [6, 6.07) is 11.1. The topological polar surface area (TPSA) is 69.0 Å². The Hall–Kier alpha value is -3.12. The number of ether oxygens (including phenoxy) is 2. The maximum atomic E-state index is 13.7. The Morgan fingerprint density at radius 3 is 2.22 bits per heavy atom. The summed E-state index contributed by atoms with van der Waals surface area (Å²) < 4.78 is 17.5. The highest BCUT2D eigenvalue weighted by Gasteiger charge is 2.25. The summed E-state index contributed by atoms with van der Waals surface area (Å²) in [5, 5.41) is 0.693. The van der Waals surface area contributed by atoms with Crippen LogP contribution >= 0.6 is 0 Å². The van der Waals surface area contributed by atoms with Gasteiger partial charge in [-0.25, -0.2) is 0 Å². The highest BCUT2D eigenvalue weighted by atomic mass is 16.5. The maximum Gasteiger partial charge on any atom is 0.313 e. The van der Waals surface area contributed by atoms with Gasteiger partial charge in [0.1, 0.15) is 30.1 Å². The lowest BCUT2D eigenvalue weighted by atomic mass is 9.96. The van der Waals surface area contributed by atoms with Gasteiger partial charge in [-0.15, -0.1) is 0 Å². The Balaban J connectivity index is 0.00000235. The average Bonchev–Trinajstić information content (AvgIpc) is 3.25. The van der Waals surface area contributed by atoms with Crippen molar-refractivity contribution < 1.29 is 23.5 Å². The van der Waals surface area contributed by atoms with E-state index in [1.807, 2.05) is 71.9 Å². The van der Waals surface area contributed by atoms with Gasteiger partial charge < -0.3 is 18.8 Å². The number of fused-ring (bicyclic) bond motifs is 1. The van der Waals surface area contributed by atoms with Crippen molar-refractivity contribution in [3.05, 3.63) is 64.4 Å². The Morgan fingerprint density at radius 1 is 1.00 bits per heavy atom. The van der Waals surface area contributed by atoms with Gasteiger partial charge in [0.2, 0.25) is 0 Å². The van der Waals surface area contributed by atoms with Gasteiger partial charge in [-0.05, 0) is 69.6 Å². The molecule has 1 aromatic heterocycles. The second-order valence-electron chi connectivity index (χ2n) is 8.93. The van der Waals surface area contributed by atoms with Gasteiger partial charge in [0, 0.05) is 17.5 Å². The average molecular weight is 510 g/mol. The summed E-state index contributed by atoms with van der Waals surface area (Å²) in [5.74, 6) is 0.557. The van der Waals surface area contributed by atoms with Crippen LogP contribution < -0.4 is 4.74 Å². The van der Waals surface area contributed by atoms with Gasteiger partial charge >= 0.3 is 5.97 Å². The number of carbonyl (C=O) groups excluding carboxylic acids is 2. The predicted molar refractivity (Wildman–Crippen MR) is 150 cm³/mol. The molecule has 0 bridgehead atoms. The molecule has 0 radical (unpaired) electrons. The van der Waals surface area contributed by atoms with E-state index in [0.29, 0.717) is 34.5 Å². The smallest absolute Gasteiger partial charge is 0.313 e. The Kier molecular flexibility index (Phi) is 11.9. The quantitative estimate of drug-likeness (QED) is 0.195. The molecule has 0 amide bonds. The largest absolute Gasteiger partial charge is 0.492 e. The number of furan rings is 1. The molecule has 6 nitrogen and oxygen atoms in total. The van der Waals surface area contributed by atoms with Crippen LogP contribution in [0.25, 0.3) is 11.0 Å². The molecule has 6 heteroatoms. The summed E-state index contributed by atoms with van der Waals surface area (Å²) >= 11 is 0. The van der Waals surface area contributed by atoms with Gasteiger partial charge in [-0.2, -0.15) is 0 Å². The molecule has 37 heavy (non-hydrogen) atoms. The zero-order valence-corrected chi connectivity index (χ0v) is 23.8. The van der Waals surface area contributed by atoms with Crippen LogP contribution in [0.2, 0.25) is 0 Å². The van der Waals surface area contributed by atoms with E-state index in [1.54, 1.807) is 6.07 Å². The van der Waals surface area contributed by atoms with Crippen molar-refractivity contribution in [2.75, 3.05) is 26.2 Å². The molecule has 0 aliphatic carbocycles. The fraction of sp³-hybridized carbons (Fsp3) is 0.484. The third-order valence-corrected chi connectivity index (χ3v) is 6.38. The van der Waals surface area contributed by atoms with E-state index >= 15 is 0 Å². The van der Waals surface area contributed by atoms with Crippen molar-refractivity contribution in [1.29, 1.82) is 0 Å². The Bertz CT molecular complexity index is 1150. The number of para-hydroxylation sites is 1. The van der Waals surface area contributed by atoms with Gasteiger partial charge in [-0.3, -0.25) is 9.59 Å². The molecule has 0 aliphatic heterocycles. The molecule has 0 N–H and O–H groups in total. The van der Waals surface area contributed by atoms with Crippen LogP contribution in [0.4, 0.5) is 0 Å². The summed E-state index contributed by atoms with van der Waals surface area (Å²) in [6.45, 7) is 19.4. The molecule has 1 heterocycles. The minimum atomic E-state index is -0.406. The van der Waals surface area contributed by atoms with Crippen LogP contribution in [0.1, 0.15) is 80.8 Å². The molecular weight excluding hydrogens is 466 g/mol. The standard InChI is InChI=1S/C29H37NO5.C2H6/c1-7-21(6)34-26(31)18-25-27(23-12-10-11-13-24(23)35-25)28(32)22-16-19(4)29(20(5)17-22)33-15-14-30(8-2)9-3;1-2/h10-13,16-17,21H,7-9,14-15,18H2,1-6H3;1-2H3. The van der Waals surface area contributed by atoms with E-state index < -0.39 is 5.97 Å². The van der Waals surface area contributed by atoms with Crippen molar-refractivity contribution in [3.63, 3.8) is 0 Å². The van der Waals surface area contributed by atoms with Crippen LogP contribution in [0, 0.1) is 13.8 Å². The van der Waals surface area contributed by atoms with Crippen LogP contribution in [-0.2, 0) is 16.0 Å². The van der Waals surface area contributed by atoms with Gasteiger partial charge in [0.15, 0.2) is 5.78 Å². The molecule has 2 aromatic carbocycles. The highest BCUT2D eigenvalue weighted by molar-refractivity contribution is 6.17. The molecule has 3 rings (SSSR count). The number of rotatable bonds is 12. The molecule has 0 spiro atoms. The van der Waals surface area contributed by atoms with E-state index in [4.69, 9.17) is 13.9 Å². The van der Waals surface area contributed by atoms with Crippen molar-refractivity contribution >= 4 is 22.7 Å². The summed E-state index contributed by atoms with van der Waals surface area (Å²) in [6.07, 6.45) is 0.440. The summed E-state index contributed by atoms with van der Waals surface area (Å²) in [7, 11) is 0. The number of likely N-dealkylation sites (N-methyl/N-ethyl adjacent to an activating group) is 1. The number of esters is 1. The Morgan fingerprint density at radius 2 is 1.62 bits per heavy atom. The van der Waals surface area contributed by atoms with E-state index in [-0.39, 0.29) is 18.3 Å². The van der Waals surface area contributed by atoms with Gasteiger partial charge in [0.05, 0.1) is 11.7 Å². The molecule has 0 saturated carbocycles. The fourth-order valence-corrected chi connectivity index (χ4v) is 4.22. The lowest BCUT2D eigenvalue weighted by Crippen LogP contribution is -2.28. The second-order valence-corrected chi connectivity index (χ2v) is 8.93. The van der Waals surface area contributed by atoms with Crippen molar-refractivity contribution in [3.8, 4) is 5.75 Å². The second kappa shape index (κ2) is 14.6. The minimum absolute atomic E-state index is 0.0926. The van der Waals surface area contributed by atoms with Crippen LogP contribution in [0.15, 0.2) is 40.8 Å². The van der Waals surface area contributed by atoms with Crippen molar-refractivity contribution in [2.45, 2.75) is 74.3 Å². The number of hydrogen-bond donors (Lipinski definition) is 0. The SMILES string of the molecule is CC.CCC(C)OC(=O)Cc1oc2ccccc2c1C(=O)c1cc(C)c(OCCN(CC)CC)c(C)c1. The molecule has 0 fully saturated rings. The highest BCUT2D eigenvalue weighted by Crippen LogP contribution is 2.31. The van der Waals surface area contributed by atoms with Crippen LogP contribution in [0.3, 0.4) is 0 Å². The predicted octanol–water partition coefficient (Wildman–Crippen LogP) is 6.91. The summed E-state index contributed by atoms with van der Waals surface area (Å²) in [4.78, 5) is 28.5. The third-order valence-electron chi connectivity index (χ3n) is 6.38. The molecular formula is C31H43NO5. The van der Waals surface area contributed by atoms with E-state index in [1.165, 1.54) is 0 Å². The van der Waals surface area contributed by atoms with Crippen LogP contribution in [-0.4, -0.2) is 49.0 Å². The lowest BCUT2D eigenvalue weighted by molar-refractivity contribution is -0.147. The normalized spacial score (nSPS) is 11.7. The first-order chi connectivity index (χ1) is 17.8. The fourth-order valence-electron chi connectivity index (χ4n) is 4.22. The molecule has 3 aromatic rings. The molecule has 1 unspecified atom stereocenters. The molecule has 0 saturated heterocycles. The zero-order chi connectivity index (χ0) is 27.5. The lowest BCUT2D eigenvalue weighted by Gasteiger charge is -2.19. The first-order valence-corrected chi connectivity index (χ1v) is 13.5. The van der Waals surface area contributed by atoms with E-state index in [2.05, 4.69) is 18.7 Å². The number of benzene rings is 2. The van der Waals surface area contributed by atoms with Crippen molar-refractivity contribution in [1.82, 2.24) is 4.90 Å². The minimum Gasteiger partial charge on any atom is -0.492 e. The number of aryl methyl sites for hydroxylation is 2. The third kappa shape index (κ3) is 7.68. The first kappa shape index (κ1) is 30.1. The monoisotopic (exact) mass is 509 g/mol. The number of carbonyl (C=O) groups is 2.